The summed E-state index contributed by atoms with van der Waals surface area (Å²) in [5, 5.41) is 4.40. The Morgan fingerprint density at radius 1 is 1.38 bits per heavy atom. The SMILES string of the molecule is CN(CCC(c1ccccc1)n1cc(N)cn1)C1COC1. The van der Waals surface area contributed by atoms with Gasteiger partial charge >= 0.3 is 0 Å². The van der Waals surface area contributed by atoms with Crippen LogP contribution in [0.2, 0.25) is 0 Å². The molecule has 1 aromatic carbocycles. The third kappa shape index (κ3) is 3.25. The van der Waals surface area contributed by atoms with Crippen LogP contribution in [0.15, 0.2) is 42.7 Å². The summed E-state index contributed by atoms with van der Waals surface area (Å²) >= 11 is 0. The number of nitrogen functional groups attached to an aromatic ring is 1. The maximum atomic E-state index is 5.82. The van der Waals surface area contributed by atoms with Gasteiger partial charge in [0, 0.05) is 12.7 Å². The lowest BCUT2D eigenvalue weighted by atomic mass is 10.0. The molecule has 5 nitrogen and oxygen atoms in total. The summed E-state index contributed by atoms with van der Waals surface area (Å²) in [6, 6.07) is 11.2. The molecule has 0 saturated carbocycles. The van der Waals surface area contributed by atoms with Crippen LogP contribution in [0.5, 0.6) is 0 Å². The van der Waals surface area contributed by atoms with Crippen LogP contribution in [0.1, 0.15) is 18.0 Å². The Hall–Kier alpha value is -1.85. The van der Waals surface area contributed by atoms with Crippen LogP contribution in [0.3, 0.4) is 0 Å². The molecule has 2 N–H and O–H groups in total. The summed E-state index contributed by atoms with van der Waals surface area (Å²) in [5.74, 6) is 0. The number of rotatable bonds is 6. The fourth-order valence-electron chi connectivity index (χ4n) is 2.64. The lowest BCUT2D eigenvalue weighted by Gasteiger charge is -2.35. The number of likely N-dealkylation sites (N-methyl/N-ethyl adjacent to an activating group) is 1. The molecule has 5 heteroatoms. The minimum absolute atomic E-state index is 0.215. The predicted octanol–water partition coefficient (Wildman–Crippen LogP) is 1.78. The zero-order valence-corrected chi connectivity index (χ0v) is 12.4. The lowest BCUT2D eigenvalue weighted by Crippen LogP contribution is -2.47. The second kappa shape index (κ2) is 6.28. The lowest BCUT2D eigenvalue weighted by molar-refractivity contribution is -0.0567. The molecular weight excluding hydrogens is 264 g/mol. The van der Waals surface area contributed by atoms with Gasteiger partial charge in [0.2, 0.25) is 0 Å². The van der Waals surface area contributed by atoms with E-state index >= 15 is 0 Å². The Bertz CT molecular complexity index is 565. The number of benzene rings is 1. The second-order valence-electron chi connectivity index (χ2n) is 5.64. The molecule has 0 spiro atoms. The first kappa shape index (κ1) is 14.1. The highest BCUT2D eigenvalue weighted by atomic mass is 16.5. The van der Waals surface area contributed by atoms with Gasteiger partial charge in [0.15, 0.2) is 0 Å². The first-order chi connectivity index (χ1) is 10.2. The van der Waals surface area contributed by atoms with E-state index in [2.05, 4.69) is 41.3 Å². The van der Waals surface area contributed by atoms with Crippen molar-refractivity contribution in [3.63, 3.8) is 0 Å². The van der Waals surface area contributed by atoms with E-state index in [0.29, 0.717) is 11.7 Å². The van der Waals surface area contributed by atoms with E-state index in [4.69, 9.17) is 10.5 Å². The molecule has 1 unspecified atom stereocenters. The quantitative estimate of drug-likeness (QED) is 0.879. The van der Waals surface area contributed by atoms with Gasteiger partial charge in [-0.25, -0.2) is 0 Å². The number of hydrogen-bond donors (Lipinski definition) is 1. The molecule has 0 bridgehead atoms. The van der Waals surface area contributed by atoms with E-state index in [-0.39, 0.29) is 6.04 Å². The zero-order chi connectivity index (χ0) is 14.7. The van der Waals surface area contributed by atoms with E-state index in [0.717, 1.165) is 26.2 Å². The summed E-state index contributed by atoms with van der Waals surface area (Å²) in [6.07, 6.45) is 4.61. The fraction of sp³-hybridized carbons (Fsp3) is 0.438. The van der Waals surface area contributed by atoms with Gasteiger partial charge in [-0.15, -0.1) is 0 Å². The summed E-state index contributed by atoms with van der Waals surface area (Å²) in [7, 11) is 2.16. The van der Waals surface area contributed by atoms with Crippen molar-refractivity contribution in [2.45, 2.75) is 18.5 Å². The Kier molecular flexibility index (Phi) is 4.22. The number of anilines is 1. The smallest absolute Gasteiger partial charge is 0.0781 e. The van der Waals surface area contributed by atoms with Crippen molar-refractivity contribution in [1.82, 2.24) is 14.7 Å². The molecule has 1 fully saturated rings. The number of aromatic nitrogens is 2. The van der Waals surface area contributed by atoms with Gasteiger partial charge in [0.05, 0.1) is 37.2 Å². The first-order valence-electron chi connectivity index (χ1n) is 7.36. The van der Waals surface area contributed by atoms with Crippen molar-refractivity contribution >= 4 is 5.69 Å². The largest absolute Gasteiger partial charge is 0.396 e. The van der Waals surface area contributed by atoms with E-state index in [1.165, 1.54) is 5.56 Å². The van der Waals surface area contributed by atoms with Crippen molar-refractivity contribution in [1.29, 1.82) is 0 Å². The Labute approximate surface area is 125 Å². The molecule has 0 aliphatic carbocycles. The molecule has 1 aliphatic rings. The predicted molar refractivity (Wildman–Crippen MR) is 83.1 cm³/mol. The topological polar surface area (TPSA) is 56.3 Å². The molecule has 1 saturated heterocycles. The van der Waals surface area contributed by atoms with E-state index in [1.54, 1.807) is 6.20 Å². The third-order valence-corrected chi connectivity index (χ3v) is 4.12. The Morgan fingerprint density at radius 3 is 2.71 bits per heavy atom. The normalized spacial score (nSPS) is 16.9. The van der Waals surface area contributed by atoms with Gasteiger partial charge in [-0.1, -0.05) is 30.3 Å². The molecule has 0 radical (unpaired) electrons. The minimum atomic E-state index is 0.215. The summed E-state index contributed by atoms with van der Waals surface area (Å²) < 4.78 is 7.23. The van der Waals surface area contributed by atoms with Gasteiger partial charge in [-0.2, -0.15) is 5.10 Å². The molecule has 1 atom stereocenters. The minimum Gasteiger partial charge on any atom is -0.396 e. The molecule has 21 heavy (non-hydrogen) atoms. The molecule has 2 aromatic rings. The molecule has 3 rings (SSSR count). The zero-order valence-electron chi connectivity index (χ0n) is 12.4. The molecule has 1 aromatic heterocycles. The second-order valence-corrected chi connectivity index (χ2v) is 5.64. The molecule has 0 amide bonds. The highest BCUT2D eigenvalue weighted by Crippen LogP contribution is 2.23. The van der Waals surface area contributed by atoms with Crippen molar-refractivity contribution < 1.29 is 4.74 Å². The van der Waals surface area contributed by atoms with Crippen molar-refractivity contribution in [2.75, 3.05) is 32.5 Å². The number of nitrogens with zero attached hydrogens (tertiary/aromatic N) is 3. The van der Waals surface area contributed by atoms with Gasteiger partial charge < -0.3 is 10.5 Å². The van der Waals surface area contributed by atoms with E-state index in [1.807, 2.05) is 16.9 Å². The summed E-state index contributed by atoms with van der Waals surface area (Å²) in [6.45, 7) is 2.70. The summed E-state index contributed by atoms with van der Waals surface area (Å²) in [4.78, 5) is 2.37. The number of ether oxygens (including phenoxy) is 1. The maximum Gasteiger partial charge on any atom is 0.0781 e. The number of hydrogen-bond acceptors (Lipinski definition) is 4. The van der Waals surface area contributed by atoms with Gasteiger partial charge in [0.25, 0.3) is 0 Å². The highest BCUT2D eigenvalue weighted by molar-refractivity contribution is 5.32. The Morgan fingerprint density at radius 2 is 2.14 bits per heavy atom. The monoisotopic (exact) mass is 286 g/mol. The average molecular weight is 286 g/mol. The average Bonchev–Trinajstić information content (AvgIpc) is 2.85. The number of nitrogens with two attached hydrogens (primary N) is 1. The fourth-order valence-corrected chi connectivity index (χ4v) is 2.64. The van der Waals surface area contributed by atoms with E-state index < -0.39 is 0 Å². The standard InChI is InChI=1S/C16H22N4O/c1-19(15-11-21-12-15)8-7-16(13-5-3-2-4-6-13)20-10-14(17)9-18-20/h2-6,9-10,15-16H,7-8,11-12,17H2,1H3. The van der Waals surface area contributed by atoms with Crippen LogP contribution in [-0.2, 0) is 4.74 Å². The Balaban J connectivity index is 1.73. The van der Waals surface area contributed by atoms with Crippen LogP contribution in [0, 0.1) is 0 Å². The van der Waals surface area contributed by atoms with Crippen LogP contribution in [0.25, 0.3) is 0 Å². The van der Waals surface area contributed by atoms with Crippen LogP contribution in [0.4, 0.5) is 5.69 Å². The van der Waals surface area contributed by atoms with Crippen molar-refractivity contribution in [3.8, 4) is 0 Å². The summed E-state index contributed by atoms with van der Waals surface area (Å²) in [5.41, 5.74) is 7.79. The third-order valence-electron chi connectivity index (χ3n) is 4.12. The van der Waals surface area contributed by atoms with Crippen LogP contribution < -0.4 is 5.73 Å². The van der Waals surface area contributed by atoms with Crippen LogP contribution >= 0.6 is 0 Å². The highest BCUT2D eigenvalue weighted by Gasteiger charge is 2.24. The van der Waals surface area contributed by atoms with Crippen molar-refractivity contribution in [2.24, 2.45) is 0 Å². The van der Waals surface area contributed by atoms with Gasteiger partial charge in [-0.3, -0.25) is 9.58 Å². The van der Waals surface area contributed by atoms with Gasteiger partial charge in [0.1, 0.15) is 0 Å². The van der Waals surface area contributed by atoms with Gasteiger partial charge in [-0.05, 0) is 19.0 Å². The van der Waals surface area contributed by atoms with E-state index in [9.17, 15) is 0 Å². The molecular formula is C16H22N4O. The van der Waals surface area contributed by atoms with Crippen molar-refractivity contribution in [3.05, 3.63) is 48.3 Å². The molecule has 112 valence electrons. The van der Waals surface area contributed by atoms with Crippen LogP contribution in [-0.4, -0.2) is 47.5 Å². The maximum absolute atomic E-state index is 5.82. The molecule has 2 heterocycles. The molecule has 1 aliphatic heterocycles. The first-order valence-corrected chi connectivity index (χ1v) is 7.36.